The van der Waals surface area contributed by atoms with E-state index in [1.54, 1.807) is 96.2 Å². The number of fused-ring (bicyclic) bond motifs is 1. The number of amides is 11. The van der Waals surface area contributed by atoms with Crippen molar-refractivity contribution in [2.24, 2.45) is 47.3 Å². The standard InChI is InChI=1S/C69H115N13O13/c1-26-43(14)58-62(87)71-35-51(84)76(19)49(33-46-34-70-48-32-30-29-31-47(46)48)61(86)73-54(39(6)7)64(89)80(23)60(45(16)28-3)68(93)78(21)57(42(12)13)69(94)95-82(25)56(41(10)11)65(90)75(18)37-52(85)77(20)55(40(8)9)67(92)81(24)59(44(15)27-2)66(91)74(17)36-50(83)72-53(38(4)5)63(88)79(58)22/h29-32,34,38-45,49,53-60,70H,26-28,33,35-37H2,1-25H3,(H,71,87)(H,72,83)(H,73,86)/t43-,44-,45-,49-,53-,54-,55-,56-,57-,58-,59-,60-/m0/s1. The van der Waals surface area contributed by atoms with E-state index in [1.807, 2.05) is 45.0 Å². The summed E-state index contributed by atoms with van der Waals surface area (Å²) in [6.07, 6.45) is 2.94. The zero-order valence-electron chi connectivity index (χ0n) is 61.5. The van der Waals surface area contributed by atoms with E-state index in [4.69, 9.17) is 4.84 Å². The molecule has 0 radical (unpaired) electrons. The molecule has 0 unspecified atom stereocenters. The van der Waals surface area contributed by atoms with Crippen LogP contribution in [0.4, 0.5) is 0 Å². The number of H-pyrrole nitrogens is 1. The predicted octanol–water partition coefficient (Wildman–Crippen LogP) is 3.87. The second kappa shape index (κ2) is 35.9. The summed E-state index contributed by atoms with van der Waals surface area (Å²) in [6, 6.07) is -3.38. The maximum absolute atomic E-state index is 15.1. The first-order chi connectivity index (χ1) is 44.2. The van der Waals surface area contributed by atoms with Gasteiger partial charge in [-0.25, -0.2) is 4.79 Å². The van der Waals surface area contributed by atoms with E-state index in [0.29, 0.717) is 24.8 Å². The fourth-order valence-electron chi connectivity index (χ4n) is 12.6. The third-order valence-electron chi connectivity index (χ3n) is 19.1. The number of rotatable bonds is 13. The number of aromatic nitrogens is 1. The Morgan fingerprint density at radius 3 is 1.38 bits per heavy atom. The number of carbonyl (C=O) groups excluding carboxylic acids is 12. The van der Waals surface area contributed by atoms with Crippen molar-refractivity contribution in [3.63, 3.8) is 0 Å². The van der Waals surface area contributed by atoms with Crippen LogP contribution in [-0.4, -0.2) is 258 Å². The lowest BCUT2D eigenvalue weighted by Gasteiger charge is -2.40. The molecule has 4 N–H and O–H groups in total. The number of carbonyl (C=O) groups is 12. The molecule has 11 amide bonds. The summed E-state index contributed by atoms with van der Waals surface area (Å²) < 4.78 is 0. The van der Waals surface area contributed by atoms with Crippen LogP contribution >= 0.6 is 0 Å². The average molecular weight is 1330 g/mol. The molecule has 1 aromatic carbocycles. The number of aromatic amines is 1. The highest BCUT2D eigenvalue weighted by atomic mass is 16.7. The molecule has 12 atom stereocenters. The van der Waals surface area contributed by atoms with Crippen molar-refractivity contribution in [3.05, 3.63) is 36.0 Å². The molecule has 2 aromatic rings. The van der Waals surface area contributed by atoms with E-state index in [-0.39, 0.29) is 6.42 Å². The molecular weight excluding hydrogens is 1220 g/mol. The third-order valence-corrected chi connectivity index (χ3v) is 19.1. The molecule has 26 heteroatoms. The maximum atomic E-state index is 15.1. The third kappa shape index (κ3) is 20.0. The summed E-state index contributed by atoms with van der Waals surface area (Å²) >= 11 is 0. The van der Waals surface area contributed by atoms with Crippen LogP contribution in [0, 0.1) is 47.3 Å². The fraction of sp³-hybridized carbons (Fsp3) is 0.710. The predicted molar refractivity (Wildman–Crippen MR) is 364 cm³/mol. The van der Waals surface area contributed by atoms with Crippen LogP contribution in [0.5, 0.6) is 0 Å². The molecule has 1 aliphatic heterocycles. The molecule has 1 aliphatic rings. The van der Waals surface area contributed by atoms with E-state index in [9.17, 15) is 43.2 Å². The highest BCUT2D eigenvalue weighted by molar-refractivity contribution is 5.99. The van der Waals surface area contributed by atoms with Crippen LogP contribution in [0.3, 0.4) is 0 Å². The van der Waals surface area contributed by atoms with Gasteiger partial charge in [-0.05, 0) is 59.0 Å². The molecule has 0 saturated carbocycles. The monoisotopic (exact) mass is 1330 g/mol. The quantitative estimate of drug-likeness (QED) is 0.222. The number of nitrogens with zero attached hydrogens (tertiary/aromatic N) is 9. The minimum Gasteiger partial charge on any atom is -0.365 e. The second-order valence-electron chi connectivity index (χ2n) is 28.0. The topological polar surface area (TPSA) is 295 Å². The average Bonchev–Trinajstić information content (AvgIpc) is 1.70. The normalized spacial score (nSPS) is 25.6. The first kappa shape index (κ1) is 81.6. The molecule has 0 bridgehead atoms. The van der Waals surface area contributed by atoms with E-state index in [1.165, 1.54) is 103 Å². The lowest BCUT2D eigenvalue weighted by Crippen LogP contribution is -2.62. The van der Waals surface area contributed by atoms with Crippen LogP contribution in [0.2, 0.25) is 0 Å². The van der Waals surface area contributed by atoms with Gasteiger partial charge < -0.3 is 65.0 Å². The van der Waals surface area contributed by atoms with E-state index in [0.717, 1.165) is 16.0 Å². The lowest BCUT2D eigenvalue weighted by atomic mass is 9.93. The summed E-state index contributed by atoms with van der Waals surface area (Å²) in [7, 11) is 12.9. The van der Waals surface area contributed by atoms with Crippen LogP contribution in [0.25, 0.3) is 10.9 Å². The highest BCUT2D eigenvalue weighted by Crippen LogP contribution is 2.27. The zero-order valence-corrected chi connectivity index (χ0v) is 61.5. The van der Waals surface area contributed by atoms with Gasteiger partial charge in [-0.1, -0.05) is 148 Å². The van der Waals surface area contributed by atoms with Crippen molar-refractivity contribution in [1.29, 1.82) is 0 Å². The maximum Gasteiger partial charge on any atom is 0.347 e. The molecule has 26 nitrogen and oxygen atoms in total. The van der Waals surface area contributed by atoms with Gasteiger partial charge >= 0.3 is 5.97 Å². The van der Waals surface area contributed by atoms with Crippen LogP contribution in [0.15, 0.2) is 30.5 Å². The minimum atomic E-state index is -1.29. The zero-order chi connectivity index (χ0) is 72.7. The molecule has 1 fully saturated rings. The summed E-state index contributed by atoms with van der Waals surface area (Å²) in [5, 5.41) is 10.3. The van der Waals surface area contributed by atoms with Gasteiger partial charge in [0.15, 0.2) is 0 Å². The largest absolute Gasteiger partial charge is 0.365 e. The Morgan fingerprint density at radius 1 is 0.442 bits per heavy atom. The Labute approximate surface area is 564 Å². The molecule has 95 heavy (non-hydrogen) atoms. The lowest BCUT2D eigenvalue weighted by molar-refractivity contribution is -0.208. The van der Waals surface area contributed by atoms with E-state index >= 15 is 14.4 Å². The van der Waals surface area contributed by atoms with E-state index in [2.05, 4.69) is 20.9 Å². The van der Waals surface area contributed by atoms with Gasteiger partial charge in [-0.2, -0.15) is 0 Å². The molecular formula is C69H115N13O13. The van der Waals surface area contributed by atoms with Gasteiger partial charge in [0.05, 0.1) is 19.6 Å². The van der Waals surface area contributed by atoms with E-state index < -0.39 is 192 Å². The summed E-state index contributed by atoms with van der Waals surface area (Å²) in [5.74, 6) is -12.1. The van der Waals surface area contributed by atoms with Crippen LogP contribution < -0.4 is 16.0 Å². The van der Waals surface area contributed by atoms with Crippen molar-refractivity contribution in [3.8, 4) is 0 Å². The van der Waals surface area contributed by atoms with Gasteiger partial charge in [-0.15, -0.1) is 5.06 Å². The molecule has 534 valence electrons. The Hall–Kier alpha value is -7.64. The van der Waals surface area contributed by atoms with Gasteiger partial charge in [0.2, 0.25) is 65.0 Å². The van der Waals surface area contributed by atoms with Crippen molar-refractivity contribution in [1.82, 2.24) is 65.2 Å². The molecule has 2 heterocycles. The number of hydrogen-bond donors (Lipinski definition) is 4. The van der Waals surface area contributed by atoms with Gasteiger partial charge in [0, 0.05) is 86.9 Å². The van der Waals surface area contributed by atoms with Gasteiger partial charge in [0.1, 0.15) is 54.4 Å². The van der Waals surface area contributed by atoms with Crippen molar-refractivity contribution in [2.75, 3.05) is 83.1 Å². The SMILES string of the molecule is CC[C@H](C)[C@H]1C(=O)NCC(=O)N(C)[C@@H](Cc2c[nH]c3ccccc23)C(=O)N[C@@H](C(C)C)C(=O)N(C)[C@@H]([C@@H](C)CC)C(=O)N(C)[C@@H](C(C)C)C(=O)ON(C)[C@@H](C(C)C)C(=O)N(C)CC(=O)N(C)[C@@H](C(C)C)C(=O)N(C)[C@@H]([C@@H](C)CC)C(=O)N(C)CC(=O)N[C@@H](C(C)C)C(=O)N1C. The van der Waals surface area contributed by atoms with Gasteiger partial charge in [-0.3, -0.25) is 52.7 Å². The number of likely N-dealkylation sites (N-methyl/N-ethyl adjacent to an activating group) is 9. The number of para-hydroxylation sites is 1. The second-order valence-corrected chi connectivity index (χ2v) is 28.0. The van der Waals surface area contributed by atoms with Crippen LogP contribution in [-0.2, 0) is 68.8 Å². The minimum absolute atomic E-state index is 0.0472. The molecule has 3 rings (SSSR count). The Kier molecular flexibility index (Phi) is 30.8. The molecule has 1 saturated heterocycles. The highest BCUT2D eigenvalue weighted by Gasteiger charge is 2.46. The van der Waals surface area contributed by atoms with Crippen molar-refractivity contribution >= 4 is 81.9 Å². The Balaban J connectivity index is 2.29. The van der Waals surface area contributed by atoms with Crippen molar-refractivity contribution < 1.29 is 62.4 Å². The van der Waals surface area contributed by atoms with Crippen LogP contribution in [0.1, 0.15) is 136 Å². The molecule has 0 aliphatic carbocycles. The smallest absolute Gasteiger partial charge is 0.347 e. The fourth-order valence-corrected chi connectivity index (χ4v) is 12.6. The number of hydrogen-bond acceptors (Lipinski definition) is 14. The van der Waals surface area contributed by atoms with Crippen molar-refractivity contribution in [2.45, 2.75) is 191 Å². The number of hydroxylamine groups is 2. The number of benzene rings is 1. The number of nitrogens with one attached hydrogen (secondary N) is 4. The summed E-state index contributed by atoms with van der Waals surface area (Å²) in [5.41, 5.74) is 1.44. The first-order valence-corrected chi connectivity index (χ1v) is 33.6. The molecule has 1 aromatic heterocycles. The summed E-state index contributed by atoms with van der Waals surface area (Å²) in [4.78, 5) is 195. The first-order valence-electron chi connectivity index (χ1n) is 33.6. The summed E-state index contributed by atoms with van der Waals surface area (Å²) in [6.45, 7) is 26.5. The van der Waals surface area contributed by atoms with Gasteiger partial charge in [0.25, 0.3) is 0 Å². The molecule has 0 spiro atoms. The Bertz CT molecular complexity index is 3020. The Morgan fingerprint density at radius 2 is 0.874 bits per heavy atom.